The Morgan fingerprint density at radius 1 is 1.73 bits per heavy atom. The molecule has 0 aliphatic heterocycles. The third-order valence-electron chi connectivity index (χ3n) is 0.888. The van der Waals surface area contributed by atoms with Gasteiger partial charge in [0.05, 0.1) is 13.2 Å². The average molecular weight is 156 g/mol. The first-order valence-corrected chi connectivity index (χ1v) is 3.39. The molecule has 0 unspecified atom stereocenters. The molecule has 5 nitrogen and oxygen atoms in total. The summed E-state index contributed by atoms with van der Waals surface area (Å²) in [6.45, 7) is 2.88. The molecule has 0 aliphatic carbocycles. The van der Waals surface area contributed by atoms with Crippen molar-refractivity contribution in [3.8, 4) is 6.19 Å². The molecular formula is C6H12N4O. The molecule has 0 fully saturated rings. The highest BCUT2D eigenvalue weighted by Crippen LogP contribution is 1.70. The van der Waals surface area contributed by atoms with E-state index in [1.807, 2.05) is 6.92 Å². The molecular weight excluding hydrogens is 144 g/mol. The normalized spacial score (nSPS) is 10.5. The van der Waals surface area contributed by atoms with Crippen molar-refractivity contribution in [2.24, 2.45) is 4.99 Å². The van der Waals surface area contributed by atoms with Crippen molar-refractivity contribution in [1.82, 2.24) is 10.6 Å². The number of nitriles is 1. The van der Waals surface area contributed by atoms with Gasteiger partial charge in [-0.3, -0.25) is 10.3 Å². The number of rotatable bonds is 3. The van der Waals surface area contributed by atoms with E-state index < -0.39 is 0 Å². The highest BCUT2D eigenvalue weighted by Gasteiger charge is 1.91. The van der Waals surface area contributed by atoms with Crippen LogP contribution in [0.25, 0.3) is 0 Å². The molecule has 0 spiro atoms. The van der Waals surface area contributed by atoms with Gasteiger partial charge < -0.3 is 10.4 Å². The topological polar surface area (TPSA) is 80.4 Å². The van der Waals surface area contributed by atoms with Gasteiger partial charge in [-0.15, -0.1) is 0 Å². The molecule has 0 radical (unpaired) electrons. The molecule has 5 heteroatoms. The smallest absolute Gasteiger partial charge is 0.204 e. The van der Waals surface area contributed by atoms with E-state index in [-0.39, 0.29) is 6.61 Å². The minimum absolute atomic E-state index is 0.0119. The van der Waals surface area contributed by atoms with Gasteiger partial charge in [0.15, 0.2) is 6.19 Å². The van der Waals surface area contributed by atoms with Crippen LogP contribution in [0.2, 0.25) is 0 Å². The van der Waals surface area contributed by atoms with Crippen LogP contribution in [0.4, 0.5) is 0 Å². The maximum atomic E-state index is 8.41. The number of nitrogens with zero attached hydrogens (tertiary/aromatic N) is 2. The van der Waals surface area contributed by atoms with E-state index in [1.165, 1.54) is 0 Å². The zero-order valence-corrected chi connectivity index (χ0v) is 6.46. The lowest BCUT2D eigenvalue weighted by atomic mass is 10.7. The molecule has 11 heavy (non-hydrogen) atoms. The minimum Gasteiger partial charge on any atom is -0.394 e. The van der Waals surface area contributed by atoms with Gasteiger partial charge in [-0.1, -0.05) is 0 Å². The van der Waals surface area contributed by atoms with Crippen LogP contribution in [-0.2, 0) is 0 Å². The summed E-state index contributed by atoms with van der Waals surface area (Å²) in [5.74, 6) is 0.407. The van der Waals surface area contributed by atoms with Crippen LogP contribution in [0.3, 0.4) is 0 Å². The number of aliphatic imine (C=N–C) groups is 1. The Bertz CT molecular complexity index is 160. The SMILES string of the molecule is CCNC(=NCCO)NC#N. The fourth-order valence-electron chi connectivity index (χ4n) is 0.522. The molecule has 0 amide bonds. The van der Waals surface area contributed by atoms with E-state index in [0.29, 0.717) is 19.0 Å². The van der Waals surface area contributed by atoms with E-state index in [2.05, 4.69) is 15.6 Å². The number of guanidine groups is 1. The van der Waals surface area contributed by atoms with Gasteiger partial charge in [0.2, 0.25) is 5.96 Å². The van der Waals surface area contributed by atoms with Gasteiger partial charge in [0, 0.05) is 6.54 Å². The van der Waals surface area contributed by atoms with Crippen LogP contribution in [0.1, 0.15) is 6.92 Å². The Kier molecular flexibility index (Phi) is 6.04. The van der Waals surface area contributed by atoms with Crippen LogP contribution in [0.5, 0.6) is 0 Å². The summed E-state index contributed by atoms with van der Waals surface area (Å²) in [5.41, 5.74) is 0. The first-order valence-electron chi connectivity index (χ1n) is 3.39. The third kappa shape index (κ3) is 5.18. The number of hydrogen-bond acceptors (Lipinski definition) is 3. The number of aliphatic hydroxyl groups is 1. The highest BCUT2D eigenvalue weighted by molar-refractivity contribution is 5.81. The number of hydrogen-bond donors (Lipinski definition) is 3. The average Bonchev–Trinajstić information content (AvgIpc) is 2.01. The second-order valence-electron chi connectivity index (χ2n) is 1.72. The molecule has 3 N–H and O–H groups in total. The summed E-state index contributed by atoms with van der Waals surface area (Å²) in [6.07, 6.45) is 1.74. The molecule has 0 heterocycles. The lowest BCUT2D eigenvalue weighted by Crippen LogP contribution is -2.34. The number of aliphatic hydroxyl groups excluding tert-OH is 1. The summed E-state index contributed by atoms with van der Waals surface area (Å²) in [5, 5.41) is 21.8. The Balaban J connectivity index is 3.78. The zero-order valence-electron chi connectivity index (χ0n) is 6.46. The molecule has 0 aliphatic rings. The largest absolute Gasteiger partial charge is 0.394 e. The van der Waals surface area contributed by atoms with E-state index in [4.69, 9.17) is 10.4 Å². The molecule has 0 rings (SSSR count). The maximum absolute atomic E-state index is 8.41. The van der Waals surface area contributed by atoms with Gasteiger partial charge in [-0.05, 0) is 6.92 Å². The lowest BCUT2D eigenvalue weighted by Gasteiger charge is -2.03. The van der Waals surface area contributed by atoms with Crippen LogP contribution in [-0.4, -0.2) is 30.8 Å². The van der Waals surface area contributed by atoms with Crippen molar-refractivity contribution in [3.05, 3.63) is 0 Å². The Hall–Kier alpha value is -1.28. The van der Waals surface area contributed by atoms with E-state index in [9.17, 15) is 0 Å². The van der Waals surface area contributed by atoms with Crippen LogP contribution < -0.4 is 10.6 Å². The quantitative estimate of drug-likeness (QED) is 0.212. The standard InChI is InChI=1S/C6H12N4O/c1-2-8-6(10-5-7)9-3-4-11/h11H,2-4H2,1H3,(H2,8,9,10). The summed E-state index contributed by atoms with van der Waals surface area (Å²) >= 11 is 0. The maximum Gasteiger partial charge on any atom is 0.204 e. The van der Waals surface area contributed by atoms with Crippen molar-refractivity contribution >= 4 is 5.96 Å². The summed E-state index contributed by atoms with van der Waals surface area (Å²) in [4.78, 5) is 3.84. The van der Waals surface area contributed by atoms with Crippen LogP contribution in [0, 0.1) is 11.5 Å². The molecule has 0 aromatic carbocycles. The number of nitrogens with one attached hydrogen (secondary N) is 2. The fraction of sp³-hybridized carbons (Fsp3) is 0.667. The molecule has 0 bridgehead atoms. The van der Waals surface area contributed by atoms with Gasteiger partial charge in [-0.25, -0.2) is 0 Å². The van der Waals surface area contributed by atoms with Crippen molar-refractivity contribution in [3.63, 3.8) is 0 Å². The highest BCUT2D eigenvalue weighted by atomic mass is 16.3. The summed E-state index contributed by atoms with van der Waals surface area (Å²) < 4.78 is 0. The van der Waals surface area contributed by atoms with Gasteiger partial charge >= 0.3 is 0 Å². The minimum atomic E-state index is -0.0119. The molecule has 62 valence electrons. The second-order valence-corrected chi connectivity index (χ2v) is 1.72. The fourth-order valence-corrected chi connectivity index (χ4v) is 0.522. The first-order chi connectivity index (χ1) is 5.35. The summed E-state index contributed by atoms with van der Waals surface area (Å²) in [6, 6.07) is 0. The molecule has 0 aromatic rings. The third-order valence-corrected chi connectivity index (χ3v) is 0.888. The Morgan fingerprint density at radius 3 is 2.91 bits per heavy atom. The van der Waals surface area contributed by atoms with Gasteiger partial charge in [0.1, 0.15) is 0 Å². The Labute approximate surface area is 65.7 Å². The van der Waals surface area contributed by atoms with Gasteiger partial charge in [0.25, 0.3) is 0 Å². The van der Waals surface area contributed by atoms with E-state index in [1.54, 1.807) is 6.19 Å². The second kappa shape index (κ2) is 6.83. The monoisotopic (exact) mass is 156 g/mol. The molecule has 0 atom stereocenters. The molecule has 0 saturated heterocycles. The van der Waals surface area contributed by atoms with E-state index in [0.717, 1.165) is 0 Å². The lowest BCUT2D eigenvalue weighted by molar-refractivity contribution is 0.306. The zero-order chi connectivity index (χ0) is 8.53. The molecule has 0 aromatic heterocycles. The predicted molar refractivity (Wildman–Crippen MR) is 41.8 cm³/mol. The van der Waals surface area contributed by atoms with Crippen LogP contribution in [0.15, 0.2) is 4.99 Å². The van der Waals surface area contributed by atoms with Gasteiger partial charge in [-0.2, -0.15) is 5.26 Å². The predicted octanol–water partition coefficient (Wildman–Crippen LogP) is -0.985. The molecule has 0 saturated carbocycles. The van der Waals surface area contributed by atoms with Crippen molar-refractivity contribution in [2.75, 3.05) is 19.7 Å². The Morgan fingerprint density at radius 2 is 2.45 bits per heavy atom. The van der Waals surface area contributed by atoms with Crippen LogP contribution >= 0.6 is 0 Å². The van der Waals surface area contributed by atoms with Crippen molar-refractivity contribution < 1.29 is 5.11 Å². The van der Waals surface area contributed by atoms with Crippen molar-refractivity contribution in [1.29, 1.82) is 5.26 Å². The first kappa shape index (κ1) is 9.72. The van der Waals surface area contributed by atoms with E-state index >= 15 is 0 Å². The van der Waals surface area contributed by atoms with Crippen molar-refractivity contribution in [2.45, 2.75) is 6.92 Å². The summed E-state index contributed by atoms with van der Waals surface area (Å²) in [7, 11) is 0.